The topological polar surface area (TPSA) is 92.7 Å². The van der Waals surface area contributed by atoms with E-state index >= 15 is 0 Å². The second-order valence-corrected chi connectivity index (χ2v) is 3.82. The fourth-order valence-electron chi connectivity index (χ4n) is 1.55. The van der Waals surface area contributed by atoms with Crippen molar-refractivity contribution in [2.75, 3.05) is 17.2 Å². The van der Waals surface area contributed by atoms with Gasteiger partial charge in [0.05, 0.1) is 23.6 Å². The number of anilines is 2. The van der Waals surface area contributed by atoms with Crippen molar-refractivity contribution in [3.8, 4) is 0 Å². The van der Waals surface area contributed by atoms with Crippen LogP contribution in [0.1, 0.15) is 23.0 Å². The van der Waals surface area contributed by atoms with Crippen molar-refractivity contribution >= 4 is 17.5 Å². The number of rotatable bonds is 4. The third kappa shape index (κ3) is 3.21. The lowest BCUT2D eigenvalue weighted by Gasteiger charge is -2.10. The molecule has 98 valence electrons. The molecule has 0 aliphatic heterocycles. The van der Waals surface area contributed by atoms with Gasteiger partial charge in [0.25, 0.3) is 5.91 Å². The highest BCUT2D eigenvalue weighted by atomic mass is 16.1. The van der Waals surface area contributed by atoms with Crippen LogP contribution in [0.5, 0.6) is 0 Å². The molecule has 0 aromatic carbocycles. The van der Waals surface area contributed by atoms with E-state index in [1.807, 2.05) is 19.9 Å². The van der Waals surface area contributed by atoms with E-state index in [-0.39, 0.29) is 11.9 Å². The maximum Gasteiger partial charge on any atom is 0.261 e. The zero-order valence-electron chi connectivity index (χ0n) is 10.7. The van der Waals surface area contributed by atoms with Crippen LogP contribution in [0.2, 0.25) is 0 Å². The monoisotopic (exact) mass is 258 g/mol. The smallest absolute Gasteiger partial charge is 0.261 e. The fourth-order valence-corrected chi connectivity index (χ4v) is 1.55. The van der Waals surface area contributed by atoms with Gasteiger partial charge >= 0.3 is 0 Å². The third-order valence-electron chi connectivity index (χ3n) is 2.36. The first-order valence-corrected chi connectivity index (χ1v) is 5.86. The molecule has 0 unspecified atom stereocenters. The molecule has 2 aromatic rings. The molecule has 0 saturated carbocycles. The quantitative estimate of drug-likeness (QED) is 0.857. The molecule has 2 aromatic heterocycles. The molecular formula is C12H14N6O. The van der Waals surface area contributed by atoms with Gasteiger partial charge in [-0.3, -0.25) is 15.1 Å². The van der Waals surface area contributed by atoms with E-state index in [4.69, 9.17) is 0 Å². The molecule has 0 saturated heterocycles. The lowest BCUT2D eigenvalue weighted by Crippen LogP contribution is -2.17. The Bertz CT molecular complexity index is 572. The predicted molar refractivity (Wildman–Crippen MR) is 70.9 cm³/mol. The molecule has 2 N–H and O–H groups in total. The van der Waals surface area contributed by atoms with E-state index in [0.29, 0.717) is 12.1 Å². The molecule has 1 amide bonds. The number of aryl methyl sites for hydroxylation is 1. The Morgan fingerprint density at radius 2 is 2.16 bits per heavy atom. The summed E-state index contributed by atoms with van der Waals surface area (Å²) >= 11 is 0. The third-order valence-corrected chi connectivity index (χ3v) is 2.36. The van der Waals surface area contributed by atoms with Crippen molar-refractivity contribution < 1.29 is 4.79 Å². The molecule has 0 bridgehead atoms. The summed E-state index contributed by atoms with van der Waals surface area (Å²) in [6.45, 7) is 4.54. The molecule has 0 atom stereocenters. The molecule has 7 nitrogen and oxygen atoms in total. The van der Waals surface area contributed by atoms with Crippen molar-refractivity contribution in [3.63, 3.8) is 0 Å². The van der Waals surface area contributed by atoms with Crippen LogP contribution in [-0.4, -0.2) is 32.6 Å². The second-order valence-electron chi connectivity index (χ2n) is 3.82. The number of carbonyl (C=O) groups excluding carboxylic acids is 1. The number of amides is 1. The van der Waals surface area contributed by atoms with Crippen LogP contribution in [-0.2, 0) is 0 Å². The fraction of sp³-hybridized carbons (Fsp3) is 0.250. The highest BCUT2D eigenvalue weighted by molar-refractivity contribution is 6.07. The Kier molecular flexibility index (Phi) is 3.97. The number of aromatic nitrogens is 4. The SMILES string of the molecule is CCNc1cc(C)ncc1C(=O)Nc1nccnn1. The van der Waals surface area contributed by atoms with Crippen molar-refractivity contribution in [1.82, 2.24) is 20.2 Å². The summed E-state index contributed by atoms with van der Waals surface area (Å²) in [5.41, 5.74) is 2.02. The van der Waals surface area contributed by atoms with Gasteiger partial charge in [-0.05, 0) is 19.9 Å². The van der Waals surface area contributed by atoms with Crippen LogP contribution < -0.4 is 10.6 Å². The molecule has 0 aliphatic rings. The number of hydrogen-bond acceptors (Lipinski definition) is 6. The van der Waals surface area contributed by atoms with Gasteiger partial charge in [0, 0.05) is 18.4 Å². The summed E-state index contributed by atoms with van der Waals surface area (Å²) in [5, 5.41) is 13.0. The van der Waals surface area contributed by atoms with Gasteiger partial charge in [-0.2, -0.15) is 5.10 Å². The van der Waals surface area contributed by atoms with Gasteiger partial charge in [-0.25, -0.2) is 4.98 Å². The molecule has 2 rings (SSSR count). The number of pyridine rings is 1. The molecule has 0 radical (unpaired) electrons. The standard InChI is InChI=1S/C12H14N6O/c1-3-13-10-6-8(2)15-7-9(10)11(19)17-12-14-4-5-16-18-12/h4-7H,3H2,1-2H3,(H,13,15)(H,14,17,18,19). The first-order valence-electron chi connectivity index (χ1n) is 5.86. The number of hydrogen-bond donors (Lipinski definition) is 2. The lowest BCUT2D eigenvalue weighted by atomic mass is 10.2. The summed E-state index contributed by atoms with van der Waals surface area (Å²) in [7, 11) is 0. The number of carbonyl (C=O) groups is 1. The first kappa shape index (κ1) is 12.9. The van der Waals surface area contributed by atoms with Crippen molar-refractivity contribution in [2.24, 2.45) is 0 Å². The van der Waals surface area contributed by atoms with Crippen molar-refractivity contribution in [2.45, 2.75) is 13.8 Å². The average Bonchev–Trinajstić information content (AvgIpc) is 2.40. The Hall–Kier alpha value is -2.57. The number of nitrogens with zero attached hydrogens (tertiary/aromatic N) is 4. The zero-order chi connectivity index (χ0) is 13.7. The maximum atomic E-state index is 12.1. The Balaban J connectivity index is 2.23. The van der Waals surface area contributed by atoms with E-state index in [1.165, 1.54) is 18.6 Å². The highest BCUT2D eigenvalue weighted by Crippen LogP contribution is 2.16. The van der Waals surface area contributed by atoms with Gasteiger partial charge in [0.1, 0.15) is 0 Å². The molecule has 7 heteroatoms. The molecule has 19 heavy (non-hydrogen) atoms. The van der Waals surface area contributed by atoms with Crippen LogP contribution in [0.25, 0.3) is 0 Å². The summed E-state index contributed by atoms with van der Waals surface area (Å²) in [5.74, 6) is -0.160. The van der Waals surface area contributed by atoms with Crippen LogP contribution in [0.3, 0.4) is 0 Å². The van der Waals surface area contributed by atoms with Crippen LogP contribution in [0.4, 0.5) is 11.6 Å². The summed E-state index contributed by atoms with van der Waals surface area (Å²) in [4.78, 5) is 20.1. The van der Waals surface area contributed by atoms with Gasteiger partial charge in [-0.1, -0.05) is 0 Å². The van der Waals surface area contributed by atoms with Crippen molar-refractivity contribution in [1.29, 1.82) is 0 Å². The molecule has 0 aliphatic carbocycles. The molecule has 0 spiro atoms. The Morgan fingerprint density at radius 1 is 1.32 bits per heavy atom. The minimum Gasteiger partial charge on any atom is -0.385 e. The van der Waals surface area contributed by atoms with E-state index < -0.39 is 0 Å². The Labute approximate surface area is 110 Å². The van der Waals surface area contributed by atoms with E-state index in [9.17, 15) is 4.79 Å². The summed E-state index contributed by atoms with van der Waals surface area (Å²) in [6.07, 6.45) is 4.42. The summed E-state index contributed by atoms with van der Waals surface area (Å²) in [6, 6.07) is 1.82. The van der Waals surface area contributed by atoms with E-state index in [1.54, 1.807) is 0 Å². The maximum absolute atomic E-state index is 12.1. The van der Waals surface area contributed by atoms with Gasteiger partial charge in [-0.15, -0.1) is 5.10 Å². The predicted octanol–water partition coefficient (Wildman–Crippen LogP) is 1.26. The van der Waals surface area contributed by atoms with Gasteiger partial charge in [0.2, 0.25) is 5.95 Å². The largest absolute Gasteiger partial charge is 0.385 e. The zero-order valence-corrected chi connectivity index (χ0v) is 10.7. The lowest BCUT2D eigenvalue weighted by molar-refractivity contribution is 0.102. The molecule has 2 heterocycles. The molecular weight excluding hydrogens is 244 g/mol. The average molecular weight is 258 g/mol. The Morgan fingerprint density at radius 3 is 2.84 bits per heavy atom. The van der Waals surface area contributed by atoms with Crippen LogP contribution in [0, 0.1) is 6.92 Å². The van der Waals surface area contributed by atoms with E-state index in [2.05, 4.69) is 30.8 Å². The minimum atomic E-state index is -0.323. The normalized spacial score (nSPS) is 10.0. The van der Waals surface area contributed by atoms with E-state index in [0.717, 1.165) is 11.4 Å². The highest BCUT2D eigenvalue weighted by Gasteiger charge is 2.13. The second kappa shape index (κ2) is 5.85. The van der Waals surface area contributed by atoms with Crippen LogP contribution in [0.15, 0.2) is 24.7 Å². The summed E-state index contributed by atoms with van der Waals surface area (Å²) < 4.78 is 0. The number of nitrogens with one attached hydrogen (secondary N) is 2. The van der Waals surface area contributed by atoms with Crippen LogP contribution >= 0.6 is 0 Å². The van der Waals surface area contributed by atoms with Gasteiger partial charge < -0.3 is 5.32 Å². The van der Waals surface area contributed by atoms with Gasteiger partial charge in [0.15, 0.2) is 0 Å². The first-order chi connectivity index (χ1) is 9.20. The molecule has 0 fully saturated rings. The minimum absolute atomic E-state index is 0.163. The van der Waals surface area contributed by atoms with Crippen molar-refractivity contribution in [3.05, 3.63) is 35.9 Å².